The summed E-state index contributed by atoms with van der Waals surface area (Å²) in [5.41, 5.74) is 1.35. The van der Waals surface area contributed by atoms with Gasteiger partial charge in [-0.05, 0) is 30.5 Å². The second-order valence-corrected chi connectivity index (χ2v) is 5.36. The summed E-state index contributed by atoms with van der Waals surface area (Å²) < 4.78 is 29.0. The fourth-order valence-electron chi connectivity index (χ4n) is 2.43. The number of ether oxygens (including phenoxy) is 1. The maximum atomic E-state index is 10.8. The van der Waals surface area contributed by atoms with Gasteiger partial charge in [0.05, 0.1) is 18.9 Å². The molecule has 1 N–H and O–H groups in total. The van der Waals surface area contributed by atoms with E-state index in [9.17, 15) is 8.76 Å². The SMILES string of the molecule is COc1ccc(N2CCC(CC#N)C2)cc1NS(=O)[O-]. The van der Waals surface area contributed by atoms with Crippen LogP contribution in [0.3, 0.4) is 0 Å². The predicted octanol–water partition coefficient (Wildman–Crippen LogP) is 1.64. The third-order valence-electron chi connectivity index (χ3n) is 3.41. The summed E-state index contributed by atoms with van der Waals surface area (Å²) in [6, 6.07) is 7.58. The van der Waals surface area contributed by atoms with E-state index in [0.29, 0.717) is 23.8 Å². The van der Waals surface area contributed by atoms with E-state index in [1.54, 1.807) is 12.1 Å². The molecule has 1 aliphatic heterocycles. The fourth-order valence-corrected chi connectivity index (χ4v) is 2.76. The molecule has 1 saturated heterocycles. The van der Waals surface area contributed by atoms with Crippen LogP contribution in [0.15, 0.2) is 18.2 Å². The van der Waals surface area contributed by atoms with Crippen LogP contribution < -0.4 is 14.4 Å². The minimum absolute atomic E-state index is 0.382. The molecule has 0 aliphatic carbocycles. The molecule has 108 valence electrons. The number of nitrogens with one attached hydrogen (secondary N) is 1. The molecule has 0 amide bonds. The number of nitriles is 1. The van der Waals surface area contributed by atoms with Gasteiger partial charge in [-0.3, -0.25) is 4.21 Å². The van der Waals surface area contributed by atoms with Crippen molar-refractivity contribution >= 4 is 22.6 Å². The zero-order valence-corrected chi connectivity index (χ0v) is 12.0. The van der Waals surface area contributed by atoms with Crippen molar-refractivity contribution in [3.8, 4) is 11.8 Å². The minimum Gasteiger partial charge on any atom is -0.755 e. The van der Waals surface area contributed by atoms with Gasteiger partial charge in [0.15, 0.2) is 0 Å². The Balaban J connectivity index is 2.17. The molecule has 1 aromatic carbocycles. The van der Waals surface area contributed by atoms with E-state index >= 15 is 0 Å². The summed E-state index contributed by atoms with van der Waals surface area (Å²) in [7, 11) is 1.49. The summed E-state index contributed by atoms with van der Waals surface area (Å²) >= 11 is -2.39. The van der Waals surface area contributed by atoms with Crippen molar-refractivity contribution in [2.24, 2.45) is 5.92 Å². The molecule has 2 unspecified atom stereocenters. The maximum absolute atomic E-state index is 10.8. The first kappa shape index (κ1) is 14.6. The van der Waals surface area contributed by atoms with Gasteiger partial charge in [0, 0.05) is 36.5 Å². The summed E-state index contributed by atoms with van der Waals surface area (Å²) in [5, 5.41) is 8.73. The largest absolute Gasteiger partial charge is 0.755 e. The molecule has 0 saturated carbocycles. The molecule has 0 bridgehead atoms. The van der Waals surface area contributed by atoms with Crippen molar-refractivity contribution in [2.45, 2.75) is 12.8 Å². The molecule has 7 heteroatoms. The van der Waals surface area contributed by atoms with E-state index in [2.05, 4.69) is 15.7 Å². The predicted molar refractivity (Wildman–Crippen MR) is 76.1 cm³/mol. The Hall–Kier alpha value is -1.78. The third kappa shape index (κ3) is 3.40. The van der Waals surface area contributed by atoms with Crippen LogP contribution in [0.4, 0.5) is 11.4 Å². The molecular weight excluding hydrogens is 278 g/mol. The van der Waals surface area contributed by atoms with Crippen molar-refractivity contribution < 1.29 is 13.5 Å². The van der Waals surface area contributed by atoms with Gasteiger partial charge in [0.1, 0.15) is 5.75 Å². The van der Waals surface area contributed by atoms with Gasteiger partial charge in [-0.15, -0.1) is 0 Å². The van der Waals surface area contributed by atoms with Crippen molar-refractivity contribution in [3.05, 3.63) is 18.2 Å². The molecular formula is C13H16N3O3S-. The number of hydrogen-bond acceptors (Lipinski definition) is 5. The number of hydrogen-bond donors (Lipinski definition) is 1. The minimum atomic E-state index is -2.39. The lowest BCUT2D eigenvalue weighted by atomic mass is 10.1. The van der Waals surface area contributed by atoms with E-state index in [0.717, 1.165) is 25.2 Å². The monoisotopic (exact) mass is 294 g/mol. The van der Waals surface area contributed by atoms with Crippen LogP contribution >= 0.6 is 0 Å². The van der Waals surface area contributed by atoms with Crippen molar-refractivity contribution in [1.29, 1.82) is 5.26 Å². The van der Waals surface area contributed by atoms with Gasteiger partial charge in [-0.2, -0.15) is 5.26 Å². The smallest absolute Gasteiger partial charge is 0.142 e. The van der Waals surface area contributed by atoms with Gasteiger partial charge >= 0.3 is 0 Å². The fraction of sp³-hybridized carbons (Fsp3) is 0.462. The summed E-state index contributed by atoms with van der Waals surface area (Å²) in [5.74, 6) is 0.859. The first-order chi connectivity index (χ1) is 9.63. The lowest BCUT2D eigenvalue weighted by Crippen LogP contribution is -2.19. The van der Waals surface area contributed by atoms with Crippen molar-refractivity contribution in [3.63, 3.8) is 0 Å². The van der Waals surface area contributed by atoms with E-state index in [4.69, 9.17) is 10.00 Å². The third-order valence-corrected chi connectivity index (χ3v) is 3.79. The van der Waals surface area contributed by atoms with Crippen LogP contribution in [-0.4, -0.2) is 29.0 Å². The molecule has 1 aromatic rings. The number of anilines is 2. The summed E-state index contributed by atoms with van der Waals surface area (Å²) in [6.45, 7) is 1.69. The molecule has 20 heavy (non-hydrogen) atoms. The van der Waals surface area contributed by atoms with Crippen molar-refractivity contribution in [1.82, 2.24) is 0 Å². The Morgan fingerprint density at radius 3 is 3.10 bits per heavy atom. The standard InChI is InChI=1S/C13H17N3O3S/c1-19-13-3-2-11(8-12(13)15-20(17)18)16-7-5-10(9-16)4-6-14/h2-3,8,10,15H,4-5,7,9H2,1H3,(H,17,18)/p-1. The van der Waals surface area contributed by atoms with Crippen LogP contribution in [0, 0.1) is 17.2 Å². The highest BCUT2D eigenvalue weighted by molar-refractivity contribution is 7.80. The molecule has 2 atom stereocenters. The van der Waals surface area contributed by atoms with Gasteiger partial charge in [-0.1, -0.05) is 0 Å². The van der Waals surface area contributed by atoms with E-state index in [-0.39, 0.29) is 0 Å². The Bertz CT molecular complexity index is 544. The van der Waals surface area contributed by atoms with E-state index in [1.807, 2.05) is 6.07 Å². The van der Waals surface area contributed by atoms with Crippen molar-refractivity contribution in [2.75, 3.05) is 29.8 Å². The highest BCUT2D eigenvalue weighted by Crippen LogP contribution is 2.32. The number of nitrogens with zero attached hydrogens (tertiary/aromatic N) is 2. The molecule has 1 aliphatic rings. The average Bonchev–Trinajstić information content (AvgIpc) is 2.87. The molecule has 0 spiro atoms. The van der Waals surface area contributed by atoms with Gasteiger partial charge in [0.2, 0.25) is 0 Å². The number of rotatable bonds is 5. The molecule has 1 heterocycles. The van der Waals surface area contributed by atoms with Gasteiger partial charge in [-0.25, -0.2) is 0 Å². The second-order valence-electron chi connectivity index (χ2n) is 4.68. The van der Waals surface area contributed by atoms with Crippen LogP contribution in [0.25, 0.3) is 0 Å². The first-order valence-electron chi connectivity index (χ1n) is 6.30. The highest BCUT2D eigenvalue weighted by Gasteiger charge is 2.23. The molecule has 6 nitrogen and oxygen atoms in total. The van der Waals surface area contributed by atoms with Gasteiger partial charge < -0.3 is 18.9 Å². The number of benzene rings is 1. The molecule has 1 fully saturated rings. The zero-order chi connectivity index (χ0) is 14.5. The Morgan fingerprint density at radius 2 is 2.45 bits per heavy atom. The average molecular weight is 294 g/mol. The van der Waals surface area contributed by atoms with E-state index < -0.39 is 11.3 Å². The van der Waals surface area contributed by atoms with E-state index in [1.165, 1.54) is 7.11 Å². The van der Waals surface area contributed by atoms with Crippen LogP contribution in [0.5, 0.6) is 5.75 Å². The topological polar surface area (TPSA) is 88.4 Å². The Labute approximate surface area is 120 Å². The lowest BCUT2D eigenvalue weighted by molar-refractivity contribution is 0.416. The highest BCUT2D eigenvalue weighted by atomic mass is 32.2. The Kier molecular flexibility index (Phi) is 4.82. The molecule has 0 aromatic heterocycles. The second kappa shape index (κ2) is 6.59. The summed E-state index contributed by atoms with van der Waals surface area (Å²) in [4.78, 5) is 2.15. The first-order valence-corrected chi connectivity index (χ1v) is 7.37. The zero-order valence-electron chi connectivity index (χ0n) is 11.2. The van der Waals surface area contributed by atoms with Crippen LogP contribution in [0.2, 0.25) is 0 Å². The van der Waals surface area contributed by atoms with Crippen LogP contribution in [-0.2, 0) is 11.3 Å². The summed E-state index contributed by atoms with van der Waals surface area (Å²) in [6.07, 6.45) is 1.54. The molecule has 0 radical (unpaired) electrons. The molecule has 2 rings (SSSR count). The van der Waals surface area contributed by atoms with Crippen LogP contribution in [0.1, 0.15) is 12.8 Å². The van der Waals surface area contributed by atoms with Gasteiger partial charge in [0.25, 0.3) is 0 Å². The number of methoxy groups -OCH3 is 1. The quantitative estimate of drug-likeness (QED) is 0.834. The Morgan fingerprint density at radius 1 is 1.65 bits per heavy atom. The maximum Gasteiger partial charge on any atom is 0.142 e. The normalized spacial score (nSPS) is 19.4. The lowest BCUT2D eigenvalue weighted by Gasteiger charge is -2.21.